The fraction of sp³-hybridized carbons (Fsp3) is 0.111. The van der Waals surface area contributed by atoms with Gasteiger partial charge in [-0.25, -0.2) is 0 Å². The molecule has 2 heteroatoms. The van der Waals surface area contributed by atoms with Gasteiger partial charge in [-0.15, -0.1) is 0 Å². The topological polar surface area (TPSA) is 9.86 Å². The van der Waals surface area contributed by atoms with Crippen LogP contribution >= 0.6 is 0 Å². The van der Waals surface area contributed by atoms with Crippen LogP contribution in [0.1, 0.15) is 11.1 Å². The summed E-state index contributed by atoms with van der Waals surface area (Å²) < 4.78 is 4.47. The minimum atomic E-state index is 1.24. The zero-order chi connectivity index (χ0) is 13.7. The predicted octanol–water partition coefficient (Wildman–Crippen LogP) is 4.52. The number of hydrogen-bond donors (Lipinski definition) is 0. The molecule has 2 aromatic carbocycles. The quantitative estimate of drug-likeness (QED) is 0.476. The van der Waals surface area contributed by atoms with Crippen molar-refractivity contribution in [2.75, 3.05) is 0 Å². The number of nitrogens with zero attached hydrogens (tertiary/aromatic N) is 2. The normalized spacial score (nSPS) is 11.5. The van der Waals surface area contributed by atoms with Gasteiger partial charge in [-0.1, -0.05) is 36.4 Å². The van der Waals surface area contributed by atoms with Crippen molar-refractivity contribution in [1.29, 1.82) is 0 Å². The average molecular weight is 260 g/mol. The summed E-state index contributed by atoms with van der Waals surface area (Å²) in [6.45, 7) is 4.33. The van der Waals surface area contributed by atoms with E-state index < -0.39 is 0 Å². The van der Waals surface area contributed by atoms with Crippen LogP contribution in [0.25, 0.3) is 21.8 Å². The second-order valence-corrected chi connectivity index (χ2v) is 5.35. The van der Waals surface area contributed by atoms with E-state index in [1.807, 2.05) is 0 Å². The third-order valence-electron chi connectivity index (χ3n) is 4.02. The van der Waals surface area contributed by atoms with E-state index in [2.05, 4.69) is 84.1 Å². The van der Waals surface area contributed by atoms with Crippen molar-refractivity contribution in [2.24, 2.45) is 0 Å². The molecule has 0 amide bonds. The molecule has 0 unspecified atom stereocenters. The van der Waals surface area contributed by atoms with Crippen LogP contribution in [0.5, 0.6) is 0 Å². The van der Waals surface area contributed by atoms with Crippen LogP contribution in [-0.2, 0) is 0 Å². The van der Waals surface area contributed by atoms with Crippen molar-refractivity contribution in [3.63, 3.8) is 0 Å². The Morgan fingerprint density at radius 3 is 1.45 bits per heavy atom. The molecule has 0 radical (unpaired) electrons. The molecule has 20 heavy (non-hydrogen) atoms. The maximum atomic E-state index is 2.24. The number of benzene rings is 2. The molecule has 0 aliphatic rings. The molecule has 0 N–H and O–H groups in total. The number of fused-ring (bicyclic) bond motifs is 2. The van der Waals surface area contributed by atoms with Crippen LogP contribution in [0.2, 0.25) is 0 Å². The highest BCUT2D eigenvalue weighted by molar-refractivity contribution is 5.87. The smallest absolute Gasteiger partial charge is 0.0705 e. The Labute approximate surface area is 117 Å². The van der Waals surface area contributed by atoms with Crippen LogP contribution in [-0.4, -0.2) is 9.35 Å². The summed E-state index contributed by atoms with van der Waals surface area (Å²) in [5.74, 6) is 0. The van der Waals surface area contributed by atoms with Gasteiger partial charge in [0, 0.05) is 23.2 Å². The van der Waals surface area contributed by atoms with Gasteiger partial charge in [0.1, 0.15) is 0 Å². The Hall–Kier alpha value is -2.48. The first-order valence-corrected chi connectivity index (χ1v) is 6.90. The van der Waals surface area contributed by atoms with Crippen molar-refractivity contribution in [2.45, 2.75) is 13.8 Å². The van der Waals surface area contributed by atoms with Gasteiger partial charge in [-0.3, -0.25) is 9.35 Å². The zero-order valence-corrected chi connectivity index (χ0v) is 11.7. The molecule has 2 nitrogen and oxygen atoms in total. The molecule has 0 spiro atoms. The summed E-state index contributed by atoms with van der Waals surface area (Å²) in [6, 6.07) is 17.1. The van der Waals surface area contributed by atoms with Gasteiger partial charge in [-0.05, 0) is 37.1 Å². The summed E-state index contributed by atoms with van der Waals surface area (Å²) in [5, 5.41) is 2.62. The third kappa shape index (κ3) is 1.45. The first-order chi connectivity index (χ1) is 9.75. The Bertz CT molecular complexity index is 847. The number of hydrogen-bond acceptors (Lipinski definition) is 0. The lowest BCUT2D eigenvalue weighted by atomic mass is 10.2. The van der Waals surface area contributed by atoms with Crippen molar-refractivity contribution in [1.82, 2.24) is 9.35 Å². The molecule has 0 bridgehead atoms. The number of aromatic nitrogens is 2. The second-order valence-electron chi connectivity index (χ2n) is 5.35. The van der Waals surface area contributed by atoms with Gasteiger partial charge in [0.05, 0.1) is 11.0 Å². The summed E-state index contributed by atoms with van der Waals surface area (Å²) in [5.41, 5.74) is 5.09. The summed E-state index contributed by atoms with van der Waals surface area (Å²) in [7, 11) is 0. The molecule has 4 aromatic rings. The van der Waals surface area contributed by atoms with E-state index in [0.717, 1.165) is 0 Å². The van der Waals surface area contributed by atoms with E-state index in [4.69, 9.17) is 0 Å². The van der Waals surface area contributed by atoms with Crippen molar-refractivity contribution in [3.05, 3.63) is 72.1 Å². The first kappa shape index (κ1) is 11.4. The first-order valence-electron chi connectivity index (χ1n) is 6.90. The van der Waals surface area contributed by atoms with Crippen LogP contribution in [0.3, 0.4) is 0 Å². The lowest BCUT2D eigenvalue weighted by Crippen LogP contribution is -2.05. The van der Waals surface area contributed by atoms with Gasteiger partial charge >= 0.3 is 0 Å². The third-order valence-corrected chi connectivity index (χ3v) is 4.02. The Morgan fingerprint density at radius 1 is 0.600 bits per heavy atom. The maximum Gasteiger partial charge on any atom is 0.0705 e. The van der Waals surface area contributed by atoms with E-state index in [-0.39, 0.29) is 0 Å². The van der Waals surface area contributed by atoms with Gasteiger partial charge in [0.2, 0.25) is 0 Å². The molecular formula is C18H16N2. The SMILES string of the molecule is Cc1cn(-n2cc(C)c3ccccc32)c2ccccc12. The fourth-order valence-electron chi connectivity index (χ4n) is 3.02. The fourth-order valence-corrected chi connectivity index (χ4v) is 3.02. The molecule has 0 saturated heterocycles. The maximum absolute atomic E-state index is 2.24. The van der Waals surface area contributed by atoms with Gasteiger partial charge in [0.15, 0.2) is 0 Å². The lowest BCUT2D eigenvalue weighted by molar-refractivity contribution is 0.715. The Balaban J connectivity index is 2.12. The van der Waals surface area contributed by atoms with Crippen LogP contribution < -0.4 is 0 Å². The minimum Gasteiger partial charge on any atom is -0.256 e. The summed E-state index contributed by atoms with van der Waals surface area (Å²) in [4.78, 5) is 0. The van der Waals surface area contributed by atoms with E-state index >= 15 is 0 Å². The van der Waals surface area contributed by atoms with Gasteiger partial charge in [0.25, 0.3) is 0 Å². The van der Waals surface area contributed by atoms with E-state index in [9.17, 15) is 0 Å². The summed E-state index contributed by atoms with van der Waals surface area (Å²) in [6.07, 6.45) is 4.41. The van der Waals surface area contributed by atoms with Gasteiger partial charge < -0.3 is 0 Å². The number of aryl methyl sites for hydroxylation is 2. The molecule has 98 valence electrons. The van der Waals surface area contributed by atoms with Crippen LogP contribution in [0.15, 0.2) is 60.9 Å². The monoisotopic (exact) mass is 260 g/mol. The minimum absolute atomic E-state index is 1.24. The van der Waals surface area contributed by atoms with E-state index in [1.54, 1.807) is 0 Å². The molecule has 0 aliphatic carbocycles. The predicted molar refractivity (Wildman–Crippen MR) is 84.1 cm³/mol. The number of rotatable bonds is 1. The highest BCUT2D eigenvalue weighted by Gasteiger charge is 2.10. The molecule has 0 atom stereocenters. The molecule has 2 aromatic heterocycles. The van der Waals surface area contributed by atoms with E-state index in [0.29, 0.717) is 0 Å². The molecule has 0 saturated carbocycles. The van der Waals surface area contributed by atoms with E-state index in [1.165, 1.54) is 32.9 Å². The molecule has 0 fully saturated rings. The standard InChI is InChI=1S/C18H16N2/c1-13-11-19(17-9-5-3-7-15(13)17)20-12-14(2)16-8-4-6-10-18(16)20/h3-12H,1-2H3. The largest absolute Gasteiger partial charge is 0.256 e. The Kier molecular flexibility index (Phi) is 2.27. The average Bonchev–Trinajstić information content (AvgIpc) is 2.99. The van der Waals surface area contributed by atoms with Crippen molar-refractivity contribution < 1.29 is 0 Å². The van der Waals surface area contributed by atoms with Gasteiger partial charge in [-0.2, -0.15) is 0 Å². The van der Waals surface area contributed by atoms with Crippen molar-refractivity contribution >= 4 is 21.8 Å². The molecule has 2 heterocycles. The lowest BCUT2D eigenvalue weighted by Gasteiger charge is -2.08. The zero-order valence-electron chi connectivity index (χ0n) is 11.7. The second kappa shape index (κ2) is 4.01. The molecular weight excluding hydrogens is 244 g/mol. The number of para-hydroxylation sites is 2. The molecule has 4 rings (SSSR count). The summed E-state index contributed by atoms with van der Waals surface area (Å²) >= 11 is 0. The highest BCUT2D eigenvalue weighted by Crippen LogP contribution is 2.25. The van der Waals surface area contributed by atoms with Crippen LogP contribution in [0.4, 0.5) is 0 Å². The molecule has 0 aliphatic heterocycles. The van der Waals surface area contributed by atoms with Crippen LogP contribution in [0, 0.1) is 13.8 Å². The highest BCUT2D eigenvalue weighted by atomic mass is 15.4. The van der Waals surface area contributed by atoms with Crippen molar-refractivity contribution in [3.8, 4) is 0 Å². The Morgan fingerprint density at radius 2 is 1.00 bits per heavy atom.